The predicted molar refractivity (Wildman–Crippen MR) is 99.5 cm³/mol. The van der Waals surface area contributed by atoms with Gasteiger partial charge in [0.25, 0.3) is 0 Å². The van der Waals surface area contributed by atoms with Crippen molar-refractivity contribution in [1.29, 1.82) is 0 Å². The van der Waals surface area contributed by atoms with Gasteiger partial charge in [-0.3, -0.25) is 9.88 Å². The van der Waals surface area contributed by atoms with Gasteiger partial charge in [-0.15, -0.1) is 0 Å². The van der Waals surface area contributed by atoms with Crippen LogP contribution in [-0.2, 0) is 19.4 Å². The summed E-state index contributed by atoms with van der Waals surface area (Å²) in [6.45, 7) is 5.05. The van der Waals surface area contributed by atoms with E-state index in [1.54, 1.807) is 6.20 Å². The van der Waals surface area contributed by atoms with Crippen LogP contribution in [0.2, 0.25) is 0 Å². The Balaban J connectivity index is 1.38. The Bertz CT molecular complexity index is 934. The average molecular weight is 346 g/mol. The standard InChI is InChI=1S/C21H22N4O/c1-15(17-5-4-16-7-10-26-21(16)11-17)24-9-6-20-18(13-24)14-25(23-20)19-3-2-8-22-12-19/h2-5,8,11-12,14-15H,6-7,9-10,13H2,1H3. The molecule has 0 aliphatic carbocycles. The number of hydrogen-bond acceptors (Lipinski definition) is 4. The molecule has 0 N–H and O–H groups in total. The summed E-state index contributed by atoms with van der Waals surface area (Å²) >= 11 is 0. The van der Waals surface area contributed by atoms with Crippen LogP contribution in [0, 0.1) is 0 Å². The van der Waals surface area contributed by atoms with Gasteiger partial charge < -0.3 is 4.74 Å². The molecule has 2 aromatic heterocycles. The predicted octanol–water partition coefficient (Wildman–Crippen LogP) is 3.32. The van der Waals surface area contributed by atoms with Gasteiger partial charge in [0.05, 0.1) is 24.2 Å². The molecule has 0 saturated carbocycles. The summed E-state index contributed by atoms with van der Waals surface area (Å²) < 4.78 is 7.70. The van der Waals surface area contributed by atoms with Crippen molar-refractivity contribution in [3.05, 3.63) is 71.3 Å². The summed E-state index contributed by atoms with van der Waals surface area (Å²) in [6.07, 6.45) is 7.80. The number of ether oxygens (including phenoxy) is 1. The fourth-order valence-electron chi connectivity index (χ4n) is 3.94. The molecule has 4 heterocycles. The summed E-state index contributed by atoms with van der Waals surface area (Å²) in [5.41, 5.74) is 6.18. The van der Waals surface area contributed by atoms with Crippen molar-refractivity contribution in [3.8, 4) is 11.4 Å². The first kappa shape index (κ1) is 15.6. The highest BCUT2D eigenvalue weighted by Crippen LogP contribution is 2.32. The lowest BCUT2D eigenvalue weighted by atomic mass is 10.0. The molecule has 5 heteroatoms. The lowest BCUT2D eigenvalue weighted by Gasteiger charge is -2.32. The van der Waals surface area contributed by atoms with Crippen LogP contribution >= 0.6 is 0 Å². The zero-order valence-corrected chi connectivity index (χ0v) is 14.9. The zero-order valence-electron chi connectivity index (χ0n) is 14.9. The molecule has 0 spiro atoms. The van der Waals surface area contributed by atoms with E-state index < -0.39 is 0 Å². The molecule has 1 unspecified atom stereocenters. The quantitative estimate of drug-likeness (QED) is 0.730. The molecular formula is C21H22N4O. The minimum absolute atomic E-state index is 0.361. The van der Waals surface area contributed by atoms with Crippen LogP contribution in [0.25, 0.3) is 5.69 Å². The first-order valence-corrected chi connectivity index (χ1v) is 9.25. The summed E-state index contributed by atoms with van der Waals surface area (Å²) in [6, 6.07) is 11.1. The van der Waals surface area contributed by atoms with Gasteiger partial charge in [0, 0.05) is 49.9 Å². The Hall–Kier alpha value is -2.66. The monoisotopic (exact) mass is 346 g/mol. The van der Waals surface area contributed by atoms with Gasteiger partial charge in [-0.1, -0.05) is 12.1 Å². The van der Waals surface area contributed by atoms with E-state index in [0.717, 1.165) is 44.0 Å². The third-order valence-corrected chi connectivity index (χ3v) is 5.55. The molecule has 0 amide bonds. The molecule has 132 valence electrons. The Morgan fingerprint density at radius 1 is 1.15 bits per heavy atom. The van der Waals surface area contributed by atoms with Crippen LogP contribution in [0.15, 0.2) is 48.9 Å². The third kappa shape index (κ3) is 2.69. The lowest BCUT2D eigenvalue weighted by Crippen LogP contribution is -2.32. The Kier molecular flexibility index (Phi) is 3.75. The van der Waals surface area contributed by atoms with E-state index in [1.165, 1.54) is 22.4 Å². The SMILES string of the molecule is CC(c1ccc2c(c1)OCC2)N1CCc2nn(-c3cccnc3)cc2C1. The van der Waals surface area contributed by atoms with E-state index in [0.29, 0.717) is 6.04 Å². The van der Waals surface area contributed by atoms with Gasteiger partial charge in [-0.05, 0) is 36.2 Å². The maximum absolute atomic E-state index is 5.75. The van der Waals surface area contributed by atoms with Gasteiger partial charge >= 0.3 is 0 Å². The molecule has 2 aliphatic heterocycles. The minimum Gasteiger partial charge on any atom is -0.493 e. The van der Waals surface area contributed by atoms with Gasteiger partial charge in [0.1, 0.15) is 5.75 Å². The Labute approximate surface area is 153 Å². The lowest BCUT2D eigenvalue weighted by molar-refractivity contribution is 0.191. The molecular weight excluding hydrogens is 324 g/mol. The molecule has 1 atom stereocenters. The Morgan fingerprint density at radius 3 is 3.00 bits per heavy atom. The highest BCUT2D eigenvalue weighted by atomic mass is 16.5. The minimum atomic E-state index is 0.361. The van der Waals surface area contributed by atoms with Crippen LogP contribution in [0.4, 0.5) is 0 Å². The zero-order chi connectivity index (χ0) is 17.5. The van der Waals surface area contributed by atoms with Crippen molar-refractivity contribution in [2.75, 3.05) is 13.2 Å². The molecule has 1 aromatic carbocycles. The van der Waals surface area contributed by atoms with E-state index in [-0.39, 0.29) is 0 Å². The van der Waals surface area contributed by atoms with E-state index in [9.17, 15) is 0 Å². The molecule has 0 fully saturated rings. The van der Waals surface area contributed by atoms with E-state index >= 15 is 0 Å². The van der Waals surface area contributed by atoms with Crippen molar-refractivity contribution in [2.24, 2.45) is 0 Å². The molecule has 26 heavy (non-hydrogen) atoms. The normalized spacial score (nSPS) is 17.4. The topological polar surface area (TPSA) is 43.2 Å². The number of benzene rings is 1. The highest BCUT2D eigenvalue weighted by molar-refractivity contribution is 5.41. The molecule has 3 aromatic rings. The van der Waals surface area contributed by atoms with E-state index in [1.807, 2.05) is 23.0 Å². The molecule has 0 radical (unpaired) electrons. The average Bonchev–Trinajstić information content (AvgIpc) is 3.33. The van der Waals surface area contributed by atoms with E-state index in [4.69, 9.17) is 9.84 Å². The number of pyridine rings is 1. The summed E-state index contributed by atoms with van der Waals surface area (Å²) in [5, 5.41) is 4.76. The van der Waals surface area contributed by atoms with Crippen molar-refractivity contribution in [2.45, 2.75) is 32.4 Å². The second-order valence-electron chi connectivity index (χ2n) is 7.12. The van der Waals surface area contributed by atoms with Gasteiger partial charge in [0.15, 0.2) is 0 Å². The first-order chi connectivity index (χ1) is 12.8. The van der Waals surface area contributed by atoms with Crippen LogP contribution in [-0.4, -0.2) is 32.8 Å². The highest BCUT2D eigenvalue weighted by Gasteiger charge is 2.25. The number of rotatable bonds is 3. The fraction of sp³-hybridized carbons (Fsp3) is 0.333. The number of hydrogen-bond donors (Lipinski definition) is 0. The summed E-state index contributed by atoms with van der Waals surface area (Å²) in [4.78, 5) is 6.72. The maximum atomic E-state index is 5.75. The number of aromatic nitrogens is 3. The number of fused-ring (bicyclic) bond motifs is 2. The van der Waals surface area contributed by atoms with Crippen molar-refractivity contribution >= 4 is 0 Å². The van der Waals surface area contributed by atoms with Gasteiger partial charge in [-0.2, -0.15) is 5.10 Å². The smallest absolute Gasteiger partial charge is 0.122 e. The van der Waals surface area contributed by atoms with E-state index in [2.05, 4.69) is 41.2 Å². The summed E-state index contributed by atoms with van der Waals surface area (Å²) in [5.74, 6) is 1.07. The van der Waals surface area contributed by atoms with Crippen molar-refractivity contribution in [1.82, 2.24) is 19.7 Å². The fourth-order valence-corrected chi connectivity index (χ4v) is 3.94. The van der Waals surface area contributed by atoms with Crippen molar-refractivity contribution in [3.63, 3.8) is 0 Å². The molecule has 0 bridgehead atoms. The molecule has 5 nitrogen and oxygen atoms in total. The van der Waals surface area contributed by atoms with Gasteiger partial charge in [0.2, 0.25) is 0 Å². The van der Waals surface area contributed by atoms with Crippen molar-refractivity contribution < 1.29 is 4.74 Å². The van der Waals surface area contributed by atoms with Gasteiger partial charge in [-0.25, -0.2) is 4.68 Å². The maximum Gasteiger partial charge on any atom is 0.122 e. The molecule has 5 rings (SSSR count). The number of nitrogens with zero attached hydrogens (tertiary/aromatic N) is 4. The van der Waals surface area contributed by atoms with Crippen LogP contribution in [0.1, 0.15) is 35.3 Å². The molecule has 2 aliphatic rings. The second kappa shape index (κ2) is 6.25. The largest absolute Gasteiger partial charge is 0.493 e. The molecule has 0 saturated heterocycles. The second-order valence-corrected chi connectivity index (χ2v) is 7.12. The first-order valence-electron chi connectivity index (χ1n) is 9.25. The van der Waals surface area contributed by atoms with Crippen LogP contribution in [0.3, 0.4) is 0 Å². The summed E-state index contributed by atoms with van der Waals surface area (Å²) in [7, 11) is 0. The van der Waals surface area contributed by atoms with Crippen LogP contribution in [0.5, 0.6) is 5.75 Å². The third-order valence-electron chi connectivity index (χ3n) is 5.55. The Morgan fingerprint density at radius 2 is 2.12 bits per heavy atom. The van der Waals surface area contributed by atoms with Crippen LogP contribution < -0.4 is 4.74 Å².